The minimum absolute atomic E-state index is 0.919. The van der Waals surface area contributed by atoms with Crippen LogP contribution in [0.1, 0.15) is 31.2 Å². The second-order valence-corrected chi connectivity index (χ2v) is 12.4. The topological polar surface area (TPSA) is 16.4 Å². The highest BCUT2D eigenvalue weighted by molar-refractivity contribution is 6.19. The van der Waals surface area contributed by atoms with E-state index in [2.05, 4.69) is 151 Å². The largest absolute Gasteiger partial charge is 0.456 e. The number of fused-ring (bicyclic) bond motifs is 5. The lowest BCUT2D eigenvalue weighted by Crippen LogP contribution is -2.13. The molecule has 6 aromatic carbocycles. The van der Waals surface area contributed by atoms with Crippen molar-refractivity contribution in [2.75, 3.05) is 4.90 Å². The van der Waals surface area contributed by atoms with Gasteiger partial charge in [-0.15, -0.1) is 0 Å². The SMILES string of the molecule is C1=CC2=C(C=C(c3ccccc3N(c3ccc(-c4ccccc4)cc3)c3ccc4ccc5oc6ccccc6c5c4c3)CC2)CC1. The molecule has 2 nitrogen and oxygen atoms in total. The molecule has 2 heteroatoms. The van der Waals surface area contributed by atoms with E-state index < -0.39 is 0 Å². The van der Waals surface area contributed by atoms with Gasteiger partial charge < -0.3 is 9.32 Å². The zero-order valence-corrected chi connectivity index (χ0v) is 25.6. The van der Waals surface area contributed by atoms with Crippen molar-refractivity contribution in [3.63, 3.8) is 0 Å². The van der Waals surface area contributed by atoms with Crippen LogP contribution in [0, 0.1) is 0 Å². The zero-order valence-electron chi connectivity index (χ0n) is 25.6. The van der Waals surface area contributed by atoms with Gasteiger partial charge in [-0.05, 0) is 107 Å². The van der Waals surface area contributed by atoms with E-state index in [0.29, 0.717) is 0 Å². The third-order valence-electron chi connectivity index (χ3n) is 9.65. The van der Waals surface area contributed by atoms with Gasteiger partial charge in [0.25, 0.3) is 0 Å². The van der Waals surface area contributed by atoms with E-state index in [1.165, 1.54) is 55.3 Å². The second-order valence-electron chi connectivity index (χ2n) is 12.4. The van der Waals surface area contributed by atoms with Gasteiger partial charge >= 0.3 is 0 Å². The highest BCUT2D eigenvalue weighted by atomic mass is 16.3. The Morgan fingerprint density at radius 2 is 1.30 bits per heavy atom. The van der Waals surface area contributed by atoms with E-state index in [4.69, 9.17) is 4.42 Å². The summed E-state index contributed by atoms with van der Waals surface area (Å²) < 4.78 is 6.30. The van der Waals surface area contributed by atoms with E-state index in [-0.39, 0.29) is 0 Å². The van der Waals surface area contributed by atoms with Crippen molar-refractivity contribution < 1.29 is 4.42 Å². The third kappa shape index (κ3) is 4.57. The van der Waals surface area contributed by atoms with E-state index in [1.54, 1.807) is 0 Å². The monoisotopic (exact) mass is 591 g/mol. The molecule has 0 fully saturated rings. The highest BCUT2D eigenvalue weighted by Crippen LogP contribution is 2.45. The number of hydrogen-bond donors (Lipinski definition) is 0. The third-order valence-corrected chi connectivity index (χ3v) is 9.65. The van der Waals surface area contributed by atoms with Crippen molar-refractivity contribution in [2.24, 2.45) is 0 Å². The summed E-state index contributed by atoms with van der Waals surface area (Å²) in [5, 5.41) is 4.72. The predicted octanol–water partition coefficient (Wildman–Crippen LogP) is 12.7. The molecule has 2 aliphatic rings. The van der Waals surface area contributed by atoms with E-state index in [1.807, 2.05) is 6.07 Å². The molecule has 1 aromatic heterocycles. The van der Waals surface area contributed by atoms with Crippen LogP contribution < -0.4 is 4.90 Å². The Balaban J connectivity index is 1.25. The van der Waals surface area contributed by atoms with Crippen molar-refractivity contribution in [1.82, 2.24) is 0 Å². The molecule has 0 saturated carbocycles. The summed E-state index contributed by atoms with van der Waals surface area (Å²) in [7, 11) is 0. The Bertz CT molecular complexity index is 2350. The van der Waals surface area contributed by atoms with Crippen LogP contribution in [0.3, 0.4) is 0 Å². The standard InChI is InChI=1S/C44H33NO/c1-2-10-30(11-3-1)32-20-24-36(25-21-32)45(41-16-8-6-14-38(41)35-19-18-31-12-4-5-13-34(31)28-35)37-26-22-33-23-27-43-44(40(33)29-37)39-15-7-9-17-42(39)46-43/h1-4,6-12,14-17,20-29H,5,13,18-19H2. The average Bonchev–Trinajstić information content (AvgIpc) is 3.52. The van der Waals surface area contributed by atoms with Crippen LogP contribution in [-0.4, -0.2) is 0 Å². The minimum Gasteiger partial charge on any atom is -0.456 e. The lowest BCUT2D eigenvalue weighted by molar-refractivity contribution is 0.669. The molecule has 0 saturated heterocycles. The van der Waals surface area contributed by atoms with E-state index >= 15 is 0 Å². The molecule has 46 heavy (non-hydrogen) atoms. The van der Waals surface area contributed by atoms with Crippen LogP contribution in [0.25, 0.3) is 49.4 Å². The normalized spacial score (nSPS) is 14.6. The van der Waals surface area contributed by atoms with Gasteiger partial charge in [-0.2, -0.15) is 0 Å². The zero-order chi connectivity index (χ0) is 30.5. The van der Waals surface area contributed by atoms with Gasteiger partial charge in [-0.3, -0.25) is 0 Å². The number of furan rings is 1. The maximum atomic E-state index is 6.30. The molecule has 2 aliphatic carbocycles. The van der Waals surface area contributed by atoms with E-state index in [0.717, 1.165) is 53.6 Å². The maximum absolute atomic E-state index is 6.30. The molecule has 0 amide bonds. The number of hydrogen-bond acceptors (Lipinski definition) is 2. The summed E-state index contributed by atoms with van der Waals surface area (Å²) in [6.45, 7) is 0. The Morgan fingerprint density at radius 1 is 0.543 bits per heavy atom. The molecule has 7 aromatic rings. The van der Waals surface area contributed by atoms with Gasteiger partial charge in [0, 0.05) is 27.7 Å². The second kappa shape index (κ2) is 11.1. The number of allylic oxidation sites excluding steroid dienone is 6. The number of para-hydroxylation sites is 2. The van der Waals surface area contributed by atoms with Crippen molar-refractivity contribution in [2.45, 2.75) is 25.7 Å². The highest BCUT2D eigenvalue weighted by Gasteiger charge is 2.22. The summed E-state index contributed by atoms with van der Waals surface area (Å²) in [5.74, 6) is 0. The predicted molar refractivity (Wildman–Crippen MR) is 194 cm³/mol. The lowest BCUT2D eigenvalue weighted by atomic mass is 9.84. The summed E-state index contributed by atoms with van der Waals surface area (Å²) in [5.41, 5.74) is 13.4. The first-order valence-electron chi connectivity index (χ1n) is 16.3. The number of anilines is 3. The molecule has 220 valence electrons. The van der Waals surface area contributed by atoms with Crippen molar-refractivity contribution in [3.05, 3.63) is 168 Å². The van der Waals surface area contributed by atoms with Gasteiger partial charge in [0.05, 0.1) is 5.69 Å². The first kappa shape index (κ1) is 26.8. The van der Waals surface area contributed by atoms with Crippen LogP contribution in [0.15, 0.2) is 167 Å². The quantitative estimate of drug-likeness (QED) is 0.198. The molecule has 0 unspecified atom stereocenters. The number of benzene rings is 6. The molecule has 0 atom stereocenters. The van der Waals surface area contributed by atoms with Gasteiger partial charge in [-0.25, -0.2) is 0 Å². The smallest absolute Gasteiger partial charge is 0.136 e. The van der Waals surface area contributed by atoms with Gasteiger partial charge in [0.15, 0.2) is 0 Å². The summed E-state index contributed by atoms with van der Waals surface area (Å²) in [6.07, 6.45) is 11.5. The molecular formula is C44H33NO. The molecular weight excluding hydrogens is 558 g/mol. The molecule has 0 N–H and O–H groups in total. The molecule has 0 aliphatic heterocycles. The Kier molecular flexibility index (Phi) is 6.45. The van der Waals surface area contributed by atoms with Gasteiger partial charge in [-0.1, -0.05) is 109 Å². The van der Waals surface area contributed by atoms with Crippen LogP contribution in [-0.2, 0) is 0 Å². The van der Waals surface area contributed by atoms with Crippen LogP contribution in [0.2, 0.25) is 0 Å². The lowest BCUT2D eigenvalue weighted by Gasteiger charge is -2.30. The van der Waals surface area contributed by atoms with Crippen LogP contribution in [0.5, 0.6) is 0 Å². The first-order valence-corrected chi connectivity index (χ1v) is 16.3. The minimum atomic E-state index is 0.919. The average molecular weight is 592 g/mol. The van der Waals surface area contributed by atoms with Crippen molar-refractivity contribution in [3.8, 4) is 11.1 Å². The molecule has 0 radical (unpaired) electrons. The van der Waals surface area contributed by atoms with Gasteiger partial charge in [0.2, 0.25) is 0 Å². The fourth-order valence-electron chi connectivity index (χ4n) is 7.38. The summed E-state index contributed by atoms with van der Waals surface area (Å²) in [6, 6.07) is 48.1. The fraction of sp³-hybridized carbons (Fsp3) is 0.0909. The van der Waals surface area contributed by atoms with Crippen molar-refractivity contribution in [1.29, 1.82) is 0 Å². The van der Waals surface area contributed by atoms with Gasteiger partial charge in [0.1, 0.15) is 11.2 Å². The van der Waals surface area contributed by atoms with Crippen molar-refractivity contribution >= 4 is 55.3 Å². The maximum Gasteiger partial charge on any atom is 0.136 e. The number of rotatable bonds is 5. The first-order chi connectivity index (χ1) is 22.8. The Morgan fingerprint density at radius 3 is 2.22 bits per heavy atom. The summed E-state index contributed by atoms with van der Waals surface area (Å²) in [4.78, 5) is 2.44. The number of nitrogens with zero attached hydrogens (tertiary/aromatic N) is 1. The molecule has 0 bridgehead atoms. The molecule has 0 spiro atoms. The van der Waals surface area contributed by atoms with E-state index in [9.17, 15) is 0 Å². The Hall–Kier alpha value is -5.60. The van der Waals surface area contributed by atoms with Crippen LogP contribution in [0.4, 0.5) is 17.1 Å². The molecule has 9 rings (SSSR count). The molecule has 1 heterocycles. The van der Waals surface area contributed by atoms with Crippen LogP contribution >= 0.6 is 0 Å². The Labute approximate surface area is 269 Å². The fourth-order valence-corrected chi connectivity index (χ4v) is 7.38. The summed E-state index contributed by atoms with van der Waals surface area (Å²) >= 11 is 0.